The van der Waals surface area contributed by atoms with E-state index in [1.165, 1.54) is 0 Å². The Balaban J connectivity index is 2.23. The normalized spacial score (nSPS) is 11.0. The van der Waals surface area contributed by atoms with Crippen LogP contribution in [-0.4, -0.2) is 15.1 Å². The molecule has 3 nitrogen and oxygen atoms in total. The van der Waals surface area contributed by atoms with Crippen LogP contribution in [0.1, 0.15) is 11.1 Å². The topological polar surface area (TPSA) is 48.9 Å². The lowest BCUT2D eigenvalue weighted by atomic mass is 10.0. The van der Waals surface area contributed by atoms with E-state index < -0.39 is 0 Å². The van der Waals surface area contributed by atoms with Gasteiger partial charge in [0.1, 0.15) is 11.6 Å². The zero-order valence-corrected chi connectivity index (χ0v) is 10.4. The van der Waals surface area contributed by atoms with Crippen LogP contribution in [0, 0.1) is 13.8 Å². The van der Waals surface area contributed by atoms with Crippen molar-refractivity contribution in [2.75, 3.05) is 0 Å². The molecule has 0 amide bonds. The maximum atomic E-state index is 10.2. The Hall–Kier alpha value is -2.29. The van der Waals surface area contributed by atoms with Crippen LogP contribution in [0.2, 0.25) is 0 Å². The average molecular weight is 238 g/mol. The minimum atomic E-state index is 0.300. The fourth-order valence-electron chi connectivity index (χ4n) is 2.07. The predicted octanol–water partition coefficient (Wildman–Crippen LogP) is 3.55. The Morgan fingerprint density at radius 1 is 1.06 bits per heavy atom. The van der Waals surface area contributed by atoms with Crippen LogP contribution in [-0.2, 0) is 0 Å². The molecular formula is C15H14N2O. The van der Waals surface area contributed by atoms with Crippen LogP contribution in [0.3, 0.4) is 0 Å². The van der Waals surface area contributed by atoms with Gasteiger partial charge in [0.25, 0.3) is 0 Å². The van der Waals surface area contributed by atoms with Gasteiger partial charge in [-0.15, -0.1) is 0 Å². The summed E-state index contributed by atoms with van der Waals surface area (Å²) >= 11 is 0. The standard InChI is InChI=1S/C15H14N2O/c1-9-7-8-11(14(18)10(9)2)15-16-12-5-3-4-6-13(12)17-15/h3-8,18H,1-2H3,(H,16,17). The van der Waals surface area contributed by atoms with Gasteiger partial charge in [-0.25, -0.2) is 4.98 Å². The summed E-state index contributed by atoms with van der Waals surface area (Å²) in [7, 11) is 0. The molecule has 0 aliphatic carbocycles. The smallest absolute Gasteiger partial charge is 0.142 e. The molecular weight excluding hydrogens is 224 g/mol. The second-order valence-electron chi connectivity index (χ2n) is 4.51. The monoisotopic (exact) mass is 238 g/mol. The largest absolute Gasteiger partial charge is 0.507 e. The number of phenols is 1. The number of H-pyrrole nitrogens is 1. The van der Waals surface area contributed by atoms with E-state index in [4.69, 9.17) is 0 Å². The number of rotatable bonds is 1. The molecule has 0 fully saturated rings. The molecule has 3 heteroatoms. The lowest BCUT2D eigenvalue weighted by Crippen LogP contribution is -1.87. The third-order valence-electron chi connectivity index (χ3n) is 3.35. The lowest BCUT2D eigenvalue weighted by molar-refractivity contribution is 0.472. The van der Waals surface area contributed by atoms with E-state index in [1.807, 2.05) is 50.2 Å². The maximum absolute atomic E-state index is 10.2. The van der Waals surface area contributed by atoms with E-state index in [0.717, 1.165) is 27.7 Å². The molecule has 3 rings (SSSR count). The number of benzene rings is 2. The Morgan fingerprint density at radius 2 is 1.83 bits per heavy atom. The SMILES string of the molecule is Cc1ccc(-c2nc3ccccc3[nH]2)c(O)c1C. The van der Waals surface area contributed by atoms with Gasteiger partial charge in [0, 0.05) is 0 Å². The van der Waals surface area contributed by atoms with Gasteiger partial charge in [-0.05, 0) is 43.2 Å². The van der Waals surface area contributed by atoms with Gasteiger partial charge in [0.15, 0.2) is 0 Å². The van der Waals surface area contributed by atoms with Crippen LogP contribution < -0.4 is 0 Å². The summed E-state index contributed by atoms with van der Waals surface area (Å²) in [6.07, 6.45) is 0. The Labute approximate surface area is 105 Å². The fraction of sp³-hybridized carbons (Fsp3) is 0.133. The molecule has 1 aromatic heterocycles. The molecule has 0 aliphatic rings. The number of nitrogens with one attached hydrogen (secondary N) is 1. The molecule has 90 valence electrons. The molecule has 2 aromatic carbocycles. The van der Waals surface area contributed by atoms with Crippen molar-refractivity contribution in [3.05, 3.63) is 47.5 Å². The molecule has 0 saturated carbocycles. The second kappa shape index (κ2) is 3.88. The highest BCUT2D eigenvalue weighted by Gasteiger charge is 2.12. The van der Waals surface area contributed by atoms with Crippen molar-refractivity contribution in [3.8, 4) is 17.1 Å². The molecule has 2 N–H and O–H groups in total. The van der Waals surface area contributed by atoms with Crippen LogP contribution in [0.25, 0.3) is 22.4 Å². The first-order chi connectivity index (χ1) is 8.66. The summed E-state index contributed by atoms with van der Waals surface area (Å²) in [6.45, 7) is 3.90. The van der Waals surface area contributed by atoms with Gasteiger partial charge in [-0.1, -0.05) is 18.2 Å². The number of hydrogen-bond acceptors (Lipinski definition) is 2. The van der Waals surface area contributed by atoms with Gasteiger partial charge in [-0.3, -0.25) is 0 Å². The summed E-state index contributed by atoms with van der Waals surface area (Å²) in [5, 5.41) is 10.2. The van der Waals surface area contributed by atoms with Crippen molar-refractivity contribution in [2.45, 2.75) is 13.8 Å². The minimum absolute atomic E-state index is 0.300. The van der Waals surface area contributed by atoms with E-state index in [-0.39, 0.29) is 0 Å². The summed E-state index contributed by atoms with van der Waals surface area (Å²) in [6, 6.07) is 11.7. The predicted molar refractivity (Wildman–Crippen MR) is 72.7 cm³/mol. The van der Waals surface area contributed by atoms with E-state index in [2.05, 4.69) is 9.97 Å². The highest BCUT2D eigenvalue weighted by Crippen LogP contribution is 2.32. The summed E-state index contributed by atoms with van der Waals surface area (Å²) < 4.78 is 0. The van der Waals surface area contributed by atoms with Crippen LogP contribution in [0.4, 0.5) is 0 Å². The van der Waals surface area contributed by atoms with Crippen LogP contribution in [0.15, 0.2) is 36.4 Å². The number of hydrogen-bond donors (Lipinski definition) is 2. The van der Waals surface area contributed by atoms with Gasteiger partial charge in [0.2, 0.25) is 0 Å². The van der Waals surface area contributed by atoms with E-state index in [9.17, 15) is 5.11 Å². The first-order valence-electron chi connectivity index (χ1n) is 5.91. The molecule has 0 atom stereocenters. The second-order valence-corrected chi connectivity index (χ2v) is 4.51. The molecule has 18 heavy (non-hydrogen) atoms. The zero-order valence-electron chi connectivity index (χ0n) is 10.4. The van der Waals surface area contributed by atoms with Gasteiger partial charge < -0.3 is 10.1 Å². The molecule has 0 radical (unpaired) electrons. The lowest BCUT2D eigenvalue weighted by Gasteiger charge is -2.07. The Bertz CT molecular complexity index is 695. The highest BCUT2D eigenvalue weighted by atomic mass is 16.3. The quantitative estimate of drug-likeness (QED) is 0.681. The van der Waals surface area contributed by atoms with Crippen molar-refractivity contribution in [2.24, 2.45) is 0 Å². The number of phenolic OH excluding ortho intramolecular Hbond substituents is 1. The zero-order chi connectivity index (χ0) is 12.7. The summed E-state index contributed by atoms with van der Waals surface area (Å²) in [5.74, 6) is 1.01. The van der Waals surface area contributed by atoms with Gasteiger partial charge in [0.05, 0.1) is 16.6 Å². The summed E-state index contributed by atoms with van der Waals surface area (Å²) in [5.41, 5.74) is 4.60. The number of aromatic amines is 1. The van der Waals surface area contributed by atoms with Crippen LogP contribution >= 0.6 is 0 Å². The molecule has 0 spiro atoms. The first-order valence-corrected chi connectivity index (χ1v) is 5.91. The van der Waals surface area contributed by atoms with Gasteiger partial charge in [-0.2, -0.15) is 0 Å². The molecule has 3 aromatic rings. The molecule has 0 unspecified atom stereocenters. The van der Waals surface area contributed by atoms with Crippen molar-refractivity contribution >= 4 is 11.0 Å². The third kappa shape index (κ3) is 1.56. The van der Waals surface area contributed by atoms with Gasteiger partial charge >= 0.3 is 0 Å². The number of aromatic nitrogens is 2. The van der Waals surface area contributed by atoms with Crippen molar-refractivity contribution < 1.29 is 5.11 Å². The Kier molecular flexibility index (Phi) is 2.33. The summed E-state index contributed by atoms with van der Waals surface area (Å²) in [4.78, 5) is 7.73. The number of aromatic hydroxyl groups is 1. The van der Waals surface area contributed by atoms with Crippen molar-refractivity contribution in [1.29, 1.82) is 0 Å². The maximum Gasteiger partial charge on any atom is 0.142 e. The number of para-hydroxylation sites is 2. The average Bonchev–Trinajstić information content (AvgIpc) is 2.79. The van der Waals surface area contributed by atoms with E-state index in [1.54, 1.807) is 0 Å². The number of fused-ring (bicyclic) bond motifs is 1. The van der Waals surface area contributed by atoms with Crippen molar-refractivity contribution in [3.63, 3.8) is 0 Å². The third-order valence-corrected chi connectivity index (χ3v) is 3.35. The van der Waals surface area contributed by atoms with Crippen molar-refractivity contribution in [1.82, 2.24) is 9.97 Å². The molecule has 0 aliphatic heterocycles. The number of aryl methyl sites for hydroxylation is 1. The fourth-order valence-corrected chi connectivity index (χ4v) is 2.07. The van der Waals surface area contributed by atoms with Crippen LogP contribution in [0.5, 0.6) is 5.75 Å². The van der Waals surface area contributed by atoms with E-state index in [0.29, 0.717) is 11.6 Å². The Morgan fingerprint density at radius 3 is 2.61 bits per heavy atom. The molecule has 1 heterocycles. The number of imidazole rings is 1. The highest BCUT2D eigenvalue weighted by molar-refractivity contribution is 5.81. The number of nitrogens with zero attached hydrogens (tertiary/aromatic N) is 1. The molecule has 0 saturated heterocycles. The van der Waals surface area contributed by atoms with E-state index >= 15 is 0 Å². The molecule has 0 bridgehead atoms. The minimum Gasteiger partial charge on any atom is -0.507 e. The first kappa shape index (κ1) is 10.8.